The van der Waals surface area contributed by atoms with Crippen LogP contribution in [0.15, 0.2) is 24.3 Å². The SMILES string of the molecule is C[C@H]1OCCN[C@@H]1C(=O)Nc1cccc(-c2n[nH]c(C3CC3)n2)c1.Cl. The molecule has 3 N–H and O–H groups in total. The molecule has 2 fully saturated rings. The van der Waals surface area contributed by atoms with Gasteiger partial charge in [0.05, 0.1) is 12.7 Å². The molecule has 0 unspecified atom stereocenters. The number of halogens is 1. The normalized spacial score (nSPS) is 22.9. The number of aromatic amines is 1. The van der Waals surface area contributed by atoms with Gasteiger partial charge in [-0.15, -0.1) is 12.4 Å². The summed E-state index contributed by atoms with van der Waals surface area (Å²) < 4.78 is 5.53. The Morgan fingerprint density at radius 2 is 2.20 bits per heavy atom. The average Bonchev–Trinajstić information content (AvgIpc) is 3.32. The van der Waals surface area contributed by atoms with E-state index in [1.54, 1.807) is 0 Å². The molecule has 0 bridgehead atoms. The molecule has 1 aromatic carbocycles. The van der Waals surface area contributed by atoms with Crippen molar-refractivity contribution in [3.05, 3.63) is 30.1 Å². The van der Waals surface area contributed by atoms with Crippen molar-refractivity contribution in [2.24, 2.45) is 0 Å². The molecular formula is C17H22ClN5O2. The fourth-order valence-corrected chi connectivity index (χ4v) is 2.93. The number of benzene rings is 1. The van der Waals surface area contributed by atoms with Gasteiger partial charge in [0.2, 0.25) is 5.91 Å². The maximum Gasteiger partial charge on any atom is 0.244 e. The molecule has 2 aliphatic rings. The lowest BCUT2D eigenvalue weighted by atomic mass is 10.1. The summed E-state index contributed by atoms with van der Waals surface area (Å²) in [6.45, 7) is 3.22. The molecule has 7 nitrogen and oxygen atoms in total. The number of anilines is 1. The Kier molecular flexibility index (Phi) is 5.36. The predicted octanol–water partition coefficient (Wildman–Crippen LogP) is 2.09. The fourth-order valence-electron chi connectivity index (χ4n) is 2.93. The molecule has 1 aromatic heterocycles. The van der Waals surface area contributed by atoms with Crippen LogP contribution in [0.2, 0.25) is 0 Å². The lowest BCUT2D eigenvalue weighted by Gasteiger charge is -2.29. The molecule has 0 radical (unpaired) electrons. The summed E-state index contributed by atoms with van der Waals surface area (Å²) in [4.78, 5) is 17.0. The van der Waals surface area contributed by atoms with Crippen LogP contribution in [0.1, 0.15) is 31.5 Å². The minimum atomic E-state index is -0.340. The molecule has 0 spiro atoms. The average molecular weight is 364 g/mol. The van der Waals surface area contributed by atoms with Gasteiger partial charge in [-0.3, -0.25) is 9.89 Å². The second-order valence-corrected chi connectivity index (χ2v) is 6.40. The molecule has 1 aliphatic heterocycles. The molecule has 134 valence electrons. The van der Waals surface area contributed by atoms with E-state index in [1.807, 2.05) is 31.2 Å². The van der Waals surface area contributed by atoms with Crippen molar-refractivity contribution in [3.63, 3.8) is 0 Å². The van der Waals surface area contributed by atoms with E-state index in [-0.39, 0.29) is 30.5 Å². The van der Waals surface area contributed by atoms with Crippen LogP contribution in [0.5, 0.6) is 0 Å². The first-order chi connectivity index (χ1) is 11.7. The molecule has 2 atom stereocenters. The molecule has 1 amide bonds. The third-order valence-electron chi connectivity index (χ3n) is 4.45. The minimum absolute atomic E-state index is 0. The van der Waals surface area contributed by atoms with Crippen LogP contribution >= 0.6 is 12.4 Å². The molecule has 8 heteroatoms. The summed E-state index contributed by atoms with van der Waals surface area (Å²) in [7, 11) is 0. The highest BCUT2D eigenvalue weighted by Crippen LogP contribution is 2.38. The van der Waals surface area contributed by atoms with E-state index in [0.717, 1.165) is 17.1 Å². The highest BCUT2D eigenvalue weighted by Gasteiger charge is 2.29. The van der Waals surface area contributed by atoms with Gasteiger partial charge >= 0.3 is 0 Å². The Morgan fingerprint density at radius 1 is 1.36 bits per heavy atom. The number of hydrogen-bond acceptors (Lipinski definition) is 5. The Balaban J connectivity index is 0.00000182. The first-order valence-corrected chi connectivity index (χ1v) is 8.39. The van der Waals surface area contributed by atoms with Gasteiger partial charge in [0.15, 0.2) is 5.82 Å². The molecule has 1 aliphatic carbocycles. The molecular weight excluding hydrogens is 342 g/mol. The predicted molar refractivity (Wildman–Crippen MR) is 96.9 cm³/mol. The van der Waals surface area contributed by atoms with Crippen molar-refractivity contribution in [3.8, 4) is 11.4 Å². The Labute approximate surface area is 152 Å². The van der Waals surface area contributed by atoms with E-state index in [9.17, 15) is 4.79 Å². The molecule has 1 saturated carbocycles. The first kappa shape index (κ1) is 17.8. The van der Waals surface area contributed by atoms with Crippen LogP contribution in [-0.4, -0.2) is 46.4 Å². The van der Waals surface area contributed by atoms with Crippen molar-refractivity contribution < 1.29 is 9.53 Å². The maximum atomic E-state index is 12.4. The quantitative estimate of drug-likeness (QED) is 0.773. The zero-order chi connectivity index (χ0) is 16.5. The van der Waals surface area contributed by atoms with Gasteiger partial charge in [0, 0.05) is 23.7 Å². The number of nitrogens with one attached hydrogen (secondary N) is 3. The van der Waals surface area contributed by atoms with Crippen LogP contribution in [0.4, 0.5) is 5.69 Å². The number of hydrogen-bond donors (Lipinski definition) is 3. The number of amides is 1. The fraction of sp³-hybridized carbons (Fsp3) is 0.471. The van der Waals surface area contributed by atoms with Gasteiger partial charge in [-0.1, -0.05) is 12.1 Å². The van der Waals surface area contributed by atoms with E-state index < -0.39 is 0 Å². The lowest BCUT2D eigenvalue weighted by Crippen LogP contribution is -2.53. The molecule has 2 aromatic rings. The third-order valence-corrected chi connectivity index (χ3v) is 4.45. The monoisotopic (exact) mass is 363 g/mol. The van der Waals surface area contributed by atoms with E-state index in [2.05, 4.69) is 25.8 Å². The van der Waals surface area contributed by atoms with Gasteiger partial charge in [-0.2, -0.15) is 5.10 Å². The van der Waals surface area contributed by atoms with Gasteiger partial charge in [-0.05, 0) is 31.9 Å². The first-order valence-electron chi connectivity index (χ1n) is 8.39. The number of carbonyl (C=O) groups excluding carboxylic acids is 1. The van der Waals surface area contributed by atoms with Gasteiger partial charge < -0.3 is 15.4 Å². The van der Waals surface area contributed by atoms with E-state index in [1.165, 1.54) is 12.8 Å². The van der Waals surface area contributed by atoms with Crippen LogP contribution in [0.25, 0.3) is 11.4 Å². The maximum absolute atomic E-state index is 12.4. The smallest absolute Gasteiger partial charge is 0.244 e. The van der Waals surface area contributed by atoms with Crippen molar-refractivity contribution in [2.45, 2.75) is 37.8 Å². The van der Waals surface area contributed by atoms with E-state index >= 15 is 0 Å². The summed E-state index contributed by atoms with van der Waals surface area (Å²) >= 11 is 0. The second-order valence-electron chi connectivity index (χ2n) is 6.40. The molecule has 4 rings (SSSR count). The standard InChI is InChI=1S/C17H21N5O2.ClH/c1-10-14(18-7-8-24-10)17(23)19-13-4-2-3-12(9-13)16-20-15(21-22-16)11-5-6-11;/h2-4,9-11,14,18H,5-8H2,1H3,(H,19,23)(H,20,21,22);1H/t10-,14+;/m1./s1. The lowest BCUT2D eigenvalue weighted by molar-refractivity contribution is -0.123. The Hall–Kier alpha value is -1.96. The molecule has 2 heterocycles. The number of rotatable bonds is 4. The van der Waals surface area contributed by atoms with Gasteiger partial charge in [-0.25, -0.2) is 4.98 Å². The number of H-pyrrole nitrogens is 1. The Morgan fingerprint density at radius 3 is 2.96 bits per heavy atom. The van der Waals surface area contributed by atoms with Gasteiger partial charge in [0.25, 0.3) is 0 Å². The van der Waals surface area contributed by atoms with Crippen LogP contribution in [0.3, 0.4) is 0 Å². The zero-order valence-electron chi connectivity index (χ0n) is 14.0. The number of nitrogens with zero attached hydrogens (tertiary/aromatic N) is 2. The molecule has 1 saturated heterocycles. The summed E-state index contributed by atoms with van der Waals surface area (Å²) in [5.74, 6) is 2.07. The topological polar surface area (TPSA) is 91.9 Å². The van der Waals surface area contributed by atoms with Crippen molar-refractivity contribution in [1.29, 1.82) is 0 Å². The van der Waals surface area contributed by atoms with E-state index in [4.69, 9.17) is 4.74 Å². The van der Waals surface area contributed by atoms with Crippen LogP contribution in [0, 0.1) is 0 Å². The highest BCUT2D eigenvalue weighted by atomic mass is 35.5. The summed E-state index contributed by atoms with van der Waals surface area (Å²) in [5.41, 5.74) is 1.62. The number of ether oxygens (including phenoxy) is 1. The largest absolute Gasteiger partial charge is 0.375 e. The van der Waals surface area contributed by atoms with E-state index in [0.29, 0.717) is 24.9 Å². The Bertz CT molecular complexity index is 746. The zero-order valence-corrected chi connectivity index (χ0v) is 14.8. The van der Waals surface area contributed by atoms with Gasteiger partial charge in [0.1, 0.15) is 11.9 Å². The van der Waals surface area contributed by atoms with Crippen LogP contribution in [-0.2, 0) is 9.53 Å². The third kappa shape index (κ3) is 4.00. The van der Waals surface area contributed by atoms with Crippen molar-refractivity contribution in [2.75, 3.05) is 18.5 Å². The summed E-state index contributed by atoms with van der Waals surface area (Å²) in [6.07, 6.45) is 2.22. The second kappa shape index (κ2) is 7.51. The van der Waals surface area contributed by atoms with Crippen molar-refractivity contribution >= 4 is 24.0 Å². The van der Waals surface area contributed by atoms with Crippen LogP contribution < -0.4 is 10.6 Å². The minimum Gasteiger partial charge on any atom is -0.375 e. The summed E-state index contributed by atoms with van der Waals surface area (Å²) in [6, 6.07) is 7.26. The number of aromatic nitrogens is 3. The molecule has 25 heavy (non-hydrogen) atoms. The van der Waals surface area contributed by atoms with Crippen molar-refractivity contribution in [1.82, 2.24) is 20.5 Å². The number of carbonyl (C=O) groups is 1. The highest BCUT2D eigenvalue weighted by molar-refractivity contribution is 5.95. The summed E-state index contributed by atoms with van der Waals surface area (Å²) in [5, 5.41) is 13.4. The number of morpholine rings is 1.